The Morgan fingerprint density at radius 1 is 0.525 bits per heavy atom. The molecule has 11 aromatic rings. The lowest BCUT2D eigenvalue weighted by molar-refractivity contribution is 0.655. The largest absolute Gasteiger partial charge is 0.438 e. The average molecular weight is 758 g/mol. The normalized spacial score (nSPS) is 11.8. The zero-order valence-corrected chi connectivity index (χ0v) is 32.2. The third-order valence-corrected chi connectivity index (χ3v) is 11.2. The van der Waals surface area contributed by atoms with Crippen LogP contribution >= 0.6 is 0 Å². The van der Waals surface area contributed by atoms with Crippen molar-refractivity contribution in [2.45, 2.75) is 6.92 Å². The molecule has 0 saturated carbocycles. The summed E-state index contributed by atoms with van der Waals surface area (Å²) in [5.41, 5.74) is 10.3. The number of aromatic nitrogens is 5. The second-order valence-corrected chi connectivity index (χ2v) is 14.6. The van der Waals surface area contributed by atoms with Gasteiger partial charge in [0.05, 0.1) is 22.3 Å². The number of rotatable bonds is 7. The van der Waals surface area contributed by atoms with Gasteiger partial charge in [-0.15, -0.1) is 0 Å². The first kappa shape index (κ1) is 34.3. The number of nitrogens with zero attached hydrogens (tertiary/aromatic N) is 5. The summed E-state index contributed by atoms with van der Waals surface area (Å²) in [6.07, 6.45) is 6.14. The highest BCUT2D eigenvalue weighted by atomic mass is 16.3. The van der Waals surface area contributed by atoms with E-state index in [1.807, 2.05) is 61.5 Å². The van der Waals surface area contributed by atoms with E-state index in [0.29, 0.717) is 23.2 Å². The highest BCUT2D eigenvalue weighted by molar-refractivity contribution is 6.21. The van der Waals surface area contributed by atoms with Crippen LogP contribution in [0.5, 0.6) is 0 Å². The number of fused-ring (bicyclic) bond motifs is 7. The van der Waals surface area contributed by atoms with Crippen molar-refractivity contribution in [3.8, 4) is 51.1 Å². The Kier molecular flexibility index (Phi) is 8.08. The van der Waals surface area contributed by atoms with Crippen molar-refractivity contribution in [3.05, 3.63) is 188 Å². The Morgan fingerprint density at radius 2 is 1.14 bits per heavy atom. The maximum absolute atomic E-state index is 6.37. The van der Waals surface area contributed by atoms with Gasteiger partial charge in [-0.2, -0.15) is 0 Å². The number of furan rings is 1. The molecule has 6 heteroatoms. The van der Waals surface area contributed by atoms with Crippen molar-refractivity contribution in [3.63, 3.8) is 0 Å². The van der Waals surface area contributed by atoms with Crippen molar-refractivity contribution in [2.75, 3.05) is 0 Å². The summed E-state index contributed by atoms with van der Waals surface area (Å²) in [4.78, 5) is 20.8. The molecule has 0 fully saturated rings. The lowest BCUT2D eigenvalue weighted by Crippen LogP contribution is -2.02. The monoisotopic (exact) mass is 757 g/mol. The van der Waals surface area contributed by atoms with Crippen molar-refractivity contribution in [1.82, 2.24) is 24.5 Å². The van der Waals surface area contributed by atoms with E-state index in [2.05, 4.69) is 139 Å². The van der Waals surface area contributed by atoms with E-state index < -0.39 is 0 Å². The second-order valence-electron chi connectivity index (χ2n) is 14.6. The van der Waals surface area contributed by atoms with E-state index in [0.717, 1.165) is 93.7 Å². The highest BCUT2D eigenvalue weighted by Crippen LogP contribution is 2.42. The average Bonchev–Trinajstić information content (AvgIpc) is 3.84. The minimum absolute atomic E-state index is 0.583. The van der Waals surface area contributed by atoms with Crippen LogP contribution < -0.4 is 0 Å². The molecule has 11 rings (SSSR count). The first-order chi connectivity index (χ1) is 29.2. The fourth-order valence-electron chi connectivity index (χ4n) is 8.57. The summed E-state index contributed by atoms with van der Waals surface area (Å²) in [6.45, 7) is 6.21. The molecule has 4 heterocycles. The maximum Gasteiger partial charge on any atom is 0.228 e. The third kappa shape index (κ3) is 5.57. The summed E-state index contributed by atoms with van der Waals surface area (Å²) in [5.74, 6) is 1.77. The molecule has 278 valence electrons. The Hall–Kier alpha value is -7.96. The summed E-state index contributed by atoms with van der Waals surface area (Å²) < 4.78 is 8.65. The van der Waals surface area contributed by atoms with Gasteiger partial charge in [0.2, 0.25) is 5.71 Å². The molecule has 0 bridgehead atoms. The lowest BCUT2D eigenvalue weighted by atomic mass is 9.94. The first-order valence-corrected chi connectivity index (χ1v) is 19.7. The number of para-hydroxylation sites is 2. The summed E-state index contributed by atoms with van der Waals surface area (Å²) >= 11 is 0. The van der Waals surface area contributed by atoms with Crippen LogP contribution in [-0.4, -0.2) is 24.5 Å². The predicted molar refractivity (Wildman–Crippen MR) is 243 cm³/mol. The van der Waals surface area contributed by atoms with E-state index >= 15 is 0 Å². The lowest BCUT2D eigenvalue weighted by Gasteiger charge is -2.14. The molecule has 0 amide bonds. The van der Waals surface area contributed by atoms with E-state index in [1.165, 1.54) is 0 Å². The van der Waals surface area contributed by atoms with Crippen LogP contribution in [0.1, 0.15) is 18.2 Å². The second kappa shape index (κ2) is 13.9. The molecule has 0 unspecified atom stereocenters. The Bertz CT molecular complexity index is 3480. The molecule has 0 saturated heterocycles. The standard InChI is InChI=1S/C53H35N5O/c1-3-17-45-36(4-2)39-24-12-14-28-46(39)58(45)35-21-16-20-34(32-35)51-55-50(33-18-6-5-7-19-33)56-52(57-51)43-31-30-42(37-22-8-9-23-38(37)43)49-41-26-11-10-25-40(41)48-44-27-13-15-29-47(44)59-53(48)54-49/h3-32H,2H2,1H3/b17-3-. The zero-order valence-electron chi connectivity index (χ0n) is 32.2. The van der Waals surface area contributed by atoms with Crippen LogP contribution in [0, 0.1) is 0 Å². The quantitative estimate of drug-likeness (QED) is 0.162. The van der Waals surface area contributed by atoms with Gasteiger partial charge in [0, 0.05) is 49.7 Å². The number of pyridine rings is 1. The van der Waals surface area contributed by atoms with Gasteiger partial charge >= 0.3 is 0 Å². The van der Waals surface area contributed by atoms with Gasteiger partial charge in [-0.1, -0.05) is 152 Å². The van der Waals surface area contributed by atoms with Crippen molar-refractivity contribution in [2.24, 2.45) is 0 Å². The van der Waals surface area contributed by atoms with E-state index in [-0.39, 0.29) is 0 Å². The van der Waals surface area contributed by atoms with Crippen LogP contribution in [0.4, 0.5) is 0 Å². The van der Waals surface area contributed by atoms with Crippen LogP contribution in [0.2, 0.25) is 0 Å². The minimum Gasteiger partial charge on any atom is -0.438 e. The van der Waals surface area contributed by atoms with Crippen LogP contribution in [0.3, 0.4) is 0 Å². The van der Waals surface area contributed by atoms with Crippen molar-refractivity contribution < 1.29 is 4.42 Å². The van der Waals surface area contributed by atoms with Gasteiger partial charge in [-0.25, -0.2) is 19.9 Å². The van der Waals surface area contributed by atoms with Gasteiger partial charge in [-0.3, -0.25) is 0 Å². The van der Waals surface area contributed by atoms with Gasteiger partial charge in [0.1, 0.15) is 5.58 Å². The molecule has 0 spiro atoms. The first-order valence-electron chi connectivity index (χ1n) is 19.7. The van der Waals surface area contributed by atoms with Gasteiger partial charge in [0.25, 0.3) is 0 Å². The third-order valence-electron chi connectivity index (χ3n) is 11.2. The van der Waals surface area contributed by atoms with Gasteiger partial charge < -0.3 is 8.98 Å². The number of hydrogen-bond donors (Lipinski definition) is 0. The Labute approximate surface area is 340 Å². The van der Waals surface area contributed by atoms with Crippen molar-refractivity contribution in [1.29, 1.82) is 0 Å². The summed E-state index contributed by atoms with van der Waals surface area (Å²) in [5, 5.41) is 7.45. The Balaban J connectivity index is 1.11. The molecule has 0 atom stereocenters. The van der Waals surface area contributed by atoms with Crippen LogP contribution in [-0.2, 0) is 0 Å². The van der Waals surface area contributed by atoms with E-state index in [9.17, 15) is 0 Å². The number of hydrogen-bond acceptors (Lipinski definition) is 5. The SMILES string of the molecule is C=Cc1c(/C=C\C)n(-c2cccc(-c3nc(-c4ccccc4)nc(-c4ccc(-c5nc6oc7ccccc7c6c6ccccc56)c5ccccc45)n3)c2)c2ccccc12. The highest BCUT2D eigenvalue weighted by Gasteiger charge is 2.21. The van der Waals surface area contributed by atoms with E-state index in [4.69, 9.17) is 24.4 Å². The Morgan fingerprint density at radius 3 is 1.92 bits per heavy atom. The predicted octanol–water partition coefficient (Wildman–Crippen LogP) is 13.8. The smallest absolute Gasteiger partial charge is 0.228 e. The minimum atomic E-state index is 0.583. The summed E-state index contributed by atoms with van der Waals surface area (Å²) in [6, 6.07) is 56.3. The van der Waals surface area contributed by atoms with Gasteiger partial charge in [0.15, 0.2) is 17.5 Å². The molecule has 59 heavy (non-hydrogen) atoms. The fourth-order valence-corrected chi connectivity index (χ4v) is 8.57. The van der Waals surface area contributed by atoms with Gasteiger partial charge in [-0.05, 0) is 59.5 Å². The fraction of sp³-hybridized carbons (Fsp3) is 0.0189. The van der Waals surface area contributed by atoms with Crippen molar-refractivity contribution >= 4 is 66.7 Å². The van der Waals surface area contributed by atoms with E-state index in [1.54, 1.807) is 0 Å². The van der Waals surface area contributed by atoms with Crippen LogP contribution in [0.25, 0.3) is 118 Å². The molecular formula is C53H35N5O. The number of benzene rings is 7. The van der Waals surface area contributed by atoms with Crippen LogP contribution in [0.15, 0.2) is 181 Å². The topological polar surface area (TPSA) is 69.6 Å². The molecule has 0 aliphatic heterocycles. The molecule has 6 nitrogen and oxygen atoms in total. The zero-order chi connectivity index (χ0) is 39.5. The molecule has 4 aromatic heterocycles. The summed E-state index contributed by atoms with van der Waals surface area (Å²) in [7, 11) is 0. The number of allylic oxidation sites excluding steroid dienone is 1. The molecule has 0 aliphatic carbocycles. The molecule has 0 radical (unpaired) electrons. The molecule has 0 N–H and O–H groups in total. The molecule has 7 aromatic carbocycles. The molecular weight excluding hydrogens is 723 g/mol. The molecule has 0 aliphatic rings. The maximum atomic E-state index is 6.37.